The van der Waals surface area contributed by atoms with Gasteiger partial charge in [0.1, 0.15) is 0 Å². The average molecular weight is 318 g/mol. The standard InChI is InChI=1S/C16H13Cl2N3/c1-19-16(11-8-10(17)6-7-12(11)18)15-9-20-13-4-2-3-5-14(13)21-15/h2-9,16,19H,1H3. The summed E-state index contributed by atoms with van der Waals surface area (Å²) in [5, 5.41) is 4.51. The number of benzene rings is 2. The second kappa shape index (κ2) is 5.98. The second-order valence-electron chi connectivity index (χ2n) is 4.67. The van der Waals surface area contributed by atoms with E-state index >= 15 is 0 Å². The van der Waals surface area contributed by atoms with Crippen molar-refractivity contribution in [3.05, 3.63) is 70.0 Å². The Bertz CT molecular complexity index is 789. The lowest BCUT2D eigenvalue weighted by Crippen LogP contribution is -2.19. The molecule has 0 aliphatic carbocycles. The van der Waals surface area contributed by atoms with Crippen LogP contribution in [0.5, 0.6) is 0 Å². The number of hydrogen-bond acceptors (Lipinski definition) is 3. The van der Waals surface area contributed by atoms with Crippen LogP contribution < -0.4 is 5.32 Å². The van der Waals surface area contributed by atoms with Gasteiger partial charge in [0.2, 0.25) is 0 Å². The first-order valence-electron chi connectivity index (χ1n) is 6.53. The smallest absolute Gasteiger partial charge is 0.0890 e. The van der Waals surface area contributed by atoms with Gasteiger partial charge in [-0.1, -0.05) is 35.3 Å². The predicted molar refractivity (Wildman–Crippen MR) is 86.9 cm³/mol. The normalized spacial score (nSPS) is 12.5. The zero-order chi connectivity index (χ0) is 14.8. The van der Waals surface area contributed by atoms with Crippen LogP contribution in [-0.4, -0.2) is 17.0 Å². The summed E-state index contributed by atoms with van der Waals surface area (Å²) in [5.41, 5.74) is 3.42. The molecule has 3 rings (SSSR count). The fraction of sp³-hybridized carbons (Fsp3) is 0.125. The Morgan fingerprint density at radius 1 is 1.05 bits per heavy atom. The third-order valence-electron chi connectivity index (χ3n) is 3.32. The topological polar surface area (TPSA) is 37.8 Å². The number of nitrogens with zero attached hydrogens (tertiary/aromatic N) is 2. The first-order valence-corrected chi connectivity index (χ1v) is 7.28. The van der Waals surface area contributed by atoms with Gasteiger partial charge in [-0.25, -0.2) is 4.98 Å². The van der Waals surface area contributed by atoms with E-state index in [1.165, 1.54) is 0 Å². The maximum atomic E-state index is 6.29. The van der Waals surface area contributed by atoms with Gasteiger partial charge in [-0.3, -0.25) is 4.98 Å². The molecule has 0 saturated heterocycles. The Morgan fingerprint density at radius 3 is 2.57 bits per heavy atom. The molecular weight excluding hydrogens is 305 g/mol. The third-order valence-corrected chi connectivity index (χ3v) is 3.90. The maximum Gasteiger partial charge on any atom is 0.0890 e. The zero-order valence-electron chi connectivity index (χ0n) is 11.3. The highest BCUT2D eigenvalue weighted by Crippen LogP contribution is 2.30. The van der Waals surface area contributed by atoms with E-state index < -0.39 is 0 Å². The zero-order valence-corrected chi connectivity index (χ0v) is 12.9. The van der Waals surface area contributed by atoms with Gasteiger partial charge >= 0.3 is 0 Å². The first-order chi connectivity index (χ1) is 10.2. The van der Waals surface area contributed by atoms with E-state index in [9.17, 15) is 0 Å². The largest absolute Gasteiger partial charge is 0.308 e. The van der Waals surface area contributed by atoms with Crippen LogP contribution in [0, 0.1) is 0 Å². The molecule has 1 unspecified atom stereocenters. The number of aromatic nitrogens is 2. The van der Waals surface area contributed by atoms with E-state index in [1.54, 1.807) is 18.3 Å². The summed E-state index contributed by atoms with van der Waals surface area (Å²) in [6.45, 7) is 0. The molecule has 2 aromatic carbocycles. The number of fused-ring (bicyclic) bond motifs is 1. The lowest BCUT2D eigenvalue weighted by atomic mass is 10.0. The Kier molecular flexibility index (Phi) is 4.06. The molecule has 3 nitrogen and oxygen atoms in total. The van der Waals surface area contributed by atoms with Crippen molar-refractivity contribution in [3.8, 4) is 0 Å². The highest BCUT2D eigenvalue weighted by molar-refractivity contribution is 6.33. The van der Waals surface area contributed by atoms with Gasteiger partial charge in [0, 0.05) is 10.0 Å². The van der Waals surface area contributed by atoms with E-state index in [-0.39, 0.29) is 6.04 Å². The summed E-state index contributed by atoms with van der Waals surface area (Å²) < 4.78 is 0. The molecule has 0 bridgehead atoms. The van der Waals surface area contributed by atoms with Crippen LogP contribution in [0.2, 0.25) is 10.0 Å². The van der Waals surface area contributed by atoms with E-state index in [2.05, 4.69) is 15.3 Å². The van der Waals surface area contributed by atoms with Gasteiger partial charge in [0.25, 0.3) is 0 Å². The molecular formula is C16H13Cl2N3. The minimum atomic E-state index is -0.159. The second-order valence-corrected chi connectivity index (χ2v) is 5.51. The summed E-state index contributed by atoms with van der Waals surface area (Å²) in [6, 6.07) is 13.0. The average Bonchev–Trinajstić information content (AvgIpc) is 2.51. The third kappa shape index (κ3) is 2.86. The van der Waals surface area contributed by atoms with Crippen molar-refractivity contribution in [2.24, 2.45) is 0 Å². The van der Waals surface area contributed by atoms with E-state index in [4.69, 9.17) is 23.2 Å². The molecule has 1 atom stereocenters. The summed E-state index contributed by atoms with van der Waals surface area (Å²) >= 11 is 12.4. The van der Waals surface area contributed by atoms with Gasteiger partial charge in [-0.05, 0) is 42.9 Å². The van der Waals surface area contributed by atoms with Crippen molar-refractivity contribution in [2.45, 2.75) is 6.04 Å². The van der Waals surface area contributed by atoms with Crippen molar-refractivity contribution in [1.82, 2.24) is 15.3 Å². The molecule has 1 aromatic heterocycles. The minimum absolute atomic E-state index is 0.159. The number of rotatable bonds is 3. The quantitative estimate of drug-likeness (QED) is 0.785. The Balaban J connectivity index is 2.11. The molecule has 0 aliphatic rings. The lowest BCUT2D eigenvalue weighted by molar-refractivity contribution is 0.671. The van der Waals surface area contributed by atoms with Crippen molar-refractivity contribution in [1.29, 1.82) is 0 Å². The molecule has 0 fully saturated rings. The van der Waals surface area contributed by atoms with Crippen molar-refractivity contribution in [2.75, 3.05) is 7.05 Å². The van der Waals surface area contributed by atoms with Crippen molar-refractivity contribution in [3.63, 3.8) is 0 Å². The molecule has 1 N–H and O–H groups in total. The van der Waals surface area contributed by atoms with Crippen LogP contribution >= 0.6 is 23.2 Å². The van der Waals surface area contributed by atoms with Crippen molar-refractivity contribution >= 4 is 34.2 Å². The molecule has 0 saturated carbocycles. The monoisotopic (exact) mass is 317 g/mol. The van der Waals surface area contributed by atoms with Crippen LogP contribution in [0.4, 0.5) is 0 Å². The van der Waals surface area contributed by atoms with Crippen LogP contribution in [0.15, 0.2) is 48.7 Å². The summed E-state index contributed by atoms with van der Waals surface area (Å²) in [6.07, 6.45) is 1.76. The highest BCUT2D eigenvalue weighted by atomic mass is 35.5. The molecule has 106 valence electrons. The highest BCUT2D eigenvalue weighted by Gasteiger charge is 2.18. The summed E-state index contributed by atoms with van der Waals surface area (Å²) in [7, 11) is 1.86. The van der Waals surface area contributed by atoms with Gasteiger partial charge in [0.05, 0.1) is 29.0 Å². The molecule has 0 radical (unpaired) electrons. The van der Waals surface area contributed by atoms with Crippen LogP contribution in [0.3, 0.4) is 0 Å². The van der Waals surface area contributed by atoms with Crippen LogP contribution in [0.1, 0.15) is 17.3 Å². The molecule has 5 heteroatoms. The molecule has 0 spiro atoms. The molecule has 1 heterocycles. The molecule has 3 aromatic rings. The van der Waals surface area contributed by atoms with E-state index in [1.807, 2.05) is 37.4 Å². The van der Waals surface area contributed by atoms with Gasteiger partial charge in [-0.2, -0.15) is 0 Å². The summed E-state index contributed by atoms with van der Waals surface area (Å²) in [4.78, 5) is 9.12. The predicted octanol–water partition coefficient (Wildman–Crippen LogP) is 4.25. The first kappa shape index (κ1) is 14.3. The lowest BCUT2D eigenvalue weighted by Gasteiger charge is -2.18. The van der Waals surface area contributed by atoms with Crippen LogP contribution in [-0.2, 0) is 0 Å². The number of nitrogens with one attached hydrogen (secondary N) is 1. The van der Waals surface area contributed by atoms with E-state index in [0.717, 1.165) is 22.3 Å². The van der Waals surface area contributed by atoms with Gasteiger partial charge < -0.3 is 5.32 Å². The number of hydrogen-bond donors (Lipinski definition) is 1. The molecule has 0 amide bonds. The fourth-order valence-corrected chi connectivity index (χ4v) is 2.72. The van der Waals surface area contributed by atoms with Gasteiger partial charge in [-0.15, -0.1) is 0 Å². The molecule has 0 aliphatic heterocycles. The Morgan fingerprint density at radius 2 is 1.81 bits per heavy atom. The van der Waals surface area contributed by atoms with Gasteiger partial charge in [0.15, 0.2) is 0 Å². The van der Waals surface area contributed by atoms with Crippen LogP contribution in [0.25, 0.3) is 11.0 Å². The Labute approximate surface area is 132 Å². The number of halogens is 2. The van der Waals surface area contributed by atoms with Crippen molar-refractivity contribution < 1.29 is 0 Å². The number of para-hydroxylation sites is 2. The Hall–Kier alpha value is -1.68. The fourth-order valence-electron chi connectivity index (χ4n) is 2.31. The molecule has 21 heavy (non-hydrogen) atoms. The minimum Gasteiger partial charge on any atom is -0.308 e. The van der Waals surface area contributed by atoms with E-state index in [0.29, 0.717) is 10.0 Å². The SMILES string of the molecule is CNC(c1cnc2ccccc2n1)c1cc(Cl)ccc1Cl. The summed E-state index contributed by atoms with van der Waals surface area (Å²) in [5.74, 6) is 0. The maximum absolute atomic E-state index is 6.29.